The molecule has 0 bridgehead atoms. The summed E-state index contributed by atoms with van der Waals surface area (Å²) >= 11 is 0. The summed E-state index contributed by atoms with van der Waals surface area (Å²) in [6.07, 6.45) is 3.35. The van der Waals surface area contributed by atoms with Gasteiger partial charge in [-0.3, -0.25) is 4.79 Å². The minimum Gasteiger partial charge on any atom is -0.371 e. The summed E-state index contributed by atoms with van der Waals surface area (Å²) in [7, 11) is 0. The van der Waals surface area contributed by atoms with Gasteiger partial charge in [0.05, 0.1) is 17.8 Å². The predicted octanol–water partition coefficient (Wildman–Crippen LogP) is 2.23. The minimum atomic E-state index is -0.482. The smallest absolute Gasteiger partial charge is 0.178 e. The van der Waals surface area contributed by atoms with Crippen LogP contribution in [0, 0.1) is 22.7 Å². The lowest BCUT2D eigenvalue weighted by Gasteiger charge is -2.38. The summed E-state index contributed by atoms with van der Waals surface area (Å²) in [5.41, 5.74) is -0.587. The van der Waals surface area contributed by atoms with Crippen LogP contribution in [-0.4, -0.2) is 18.0 Å². The number of Topliss-reactive ketones (excluding diaryl/α,β-unsaturated/α-hetero) is 1. The fraction of sp³-hybridized carbons (Fsp3) is 0.692. The van der Waals surface area contributed by atoms with Crippen LogP contribution in [0.5, 0.6) is 0 Å². The van der Waals surface area contributed by atoms with Crippen LogP contribution < -0.4 is 0 Å². The summed E-state index contributed by atoms with van der Waals surface area (Å²) < 4.78 is 5.83. The highest BCUT2D eigenvalue weighted by atomic mass is 16.5. The number of allylic oxidation sites excluding steroid dienone is 1. The van der Waals surface area contributed by atoms with Crippen molar-refractivity contribution in [3.8, 4) is 6.07 Å². The quantitative estimate of drug-likeness (QED) is 0.627. The molecular weight excluding hydrogens is 202 g/mol. The maximum Gasteiger partial charge on any atom is 0.178 e. The topological polar surface area (TPSA) is 50.1 Å². The molecule has 0 aromatic heterocycles. The van der Waals surface area contributed by atoms with E-state index in [1.165, 1.54) is 0 Å². The molecule has 0 aromatic carbocycles. The van der Waals surface area contributed by atoms with Gasteiger partial charge in [-0.25, -0.2) is 0 Å². The van der Waals surface area contributed by atoms with Gasteiger partial charge in [-0.15, -0.1) is 0 Å². The van der Waals surface area contributed by atoms with E-state index in [9.17, 15) is 4.79 Å². The molecule has 0 radical (unpaired) electrons. The lowest BCUT2D eigenvalue weighted by molar-refractivity contribution is -0.127. The fourth-order valence-electron chi connectivity index (χ4n) is 2.90. The van der Waals surface area contributed by atoms with E-state index in [0.29, 0.717) is 12.3 Å². The molecular formula is C13H17NO2. The molecule has 2 aliphatic rings. The zero-order valence-electron chi connectivity index (χ0n) is 10.0. The third-order valence-electron chi connectivity index (χ3n) is 3.48. The number of nitriles is 1. The molecule has 2 unspecified atom stereocenters. The maximum absolute atomic E-state index is 12.0. The second-order valence-electron chi connectivity index (χ2n) is 5.74. The summed E-state index contributed by atoms with van der Waals surface area (Å²) in [4.78, 5) is 12.0. The lowest BCUT2D eigenvalue weighted by atomic mass is 9.68. The van der Waals surface area contributed by atoms with Gasteiger partial charge in [-0.2, -0.15) is 5.26 Å². The second-order valence-corrected chi connectivity index (χ2v) is 5.74. The van der Waals surface area contributed by atoms with Crippen LogP contribution in [0.25, 0.3) is 0 Å². The van der Waals surface area contributed by atoms with Crippen LogP contribution in [0.1, 0.15) is 33.6 Å². The highest BCUT2D eigenvalue weighted by Crippen LogP contribution is 2.45. The Bertz CT molecular complexity index is 403. The Hall–Kier alpha value is -1.14. The average molecular weight is 219 g/mol. The van der Waals surface area contributed by atoms with Gasteiger partial charge in [0.2, 0.25) is 0 Å². The number of ketones is 1. The number of rotatable bonds is 0. The Morgan fingerprint density at radius 1 is 1.56 bits per heavy atom. The summed E-state index contributed by atoms with van der Waals surface area (Å²) in [5, 5.41) is 9.01. The van der Waals surface area contributed by atoms with E-state index < -0.39 is 5.41 Å². The van der Waals surface area contributed by atoms with E-state index in [1.807, 2.05) is 19.9 Å². The largest absolute Gasteiger partial charge is 0.371 e. The Labute approximate surface area is 96.1 Å². The van der Waals surface area contributed by atoms with Crippen molar-refractivity contribution in [2.75, 3.05) is 6.61 Å². The molecule has 3 heteroatoms. The molecule has 3 nitrogen and oxygen atoms in total. The molecule has 1 saturated heterocycles. The third kappa shape index (κ3) is 1.68. The third-order valence-corrected chi connectivity index (χ3v) is 3.48. The van der Waals surface area contributed by atoms with E-state index in [4.69, 9.17) is 10.00 Å². The van der Waals surface area contributed by atoms with Crippen molar-refractivity contribution in [1.29, 1.82) is 5.26 Å². The van der Waals surface area contributed by atoms with Crippen LogP contribution in [-0.2, 0) is 9.53 Å². The van der Waals surface area contributed by atoms with Crippen molar-refractivity contribution in [2.24, 2.45) is 11.3 Å². The van der Waals surface area contributed by atoms with E-state index in [2.05, 4.69) is 6.92 Å². The van der Waals surface area contributed by atoms with Gasteiger partial charge >= 0.3 is 0 Å². The van der Waals surface area contributed by atoms with Crippen LogP contribution >= 0.6 is 0 Å². The zero-order chi connectivity index (χ0) is 12.0. The molecule has 1 spiro atoms. The molecule has 1 heterocycles. The van der Waals surface area contributed by atoms with Gasteiger partial charge in [0.1, 0.15) is 6.07 Å². The first kappa shape index (κ1) is 11.3. The summed E-state index contributed by atoms with van der Waals surface area (Å²) in [5.74, 6) is 0.448. The molecule has 1 fully saturated rings. The molecule has 1 aliphatic carbocycles. The molecule has 0 amide bonds. The maximum atomic E-state index is 12.0. The number of hydrogen-bond acceptors (Lipinski definition) is 3. The highest BCUT2D eigenvalue weighted by Gasteiger charge is 2.48. The van der Waals surface area contributed by atoms with Gasteiger partial charge < -0.3 is 4.74 Å². The van der Waals surface area contributed by atoms with Crippen LogP contribution in [0.2, 0.25) is 0 Å². The molecule has 1 aliphatic heterocycles. The molecule has 2 rings (SSSR count). The average Bonchev–Trinajstić information content (AvgIpc) is 2.53. The Morgan fingerprint density at radius 3 is 2.75 bits per heavy atom. The summed E-state index contributed by atoms with van der Waals surface area (Å²) in [6.45, 7) is 6.65. The standard InChI is InChI=1S/C13H17NO2/c1-9-4-13(16-7-9)5-10(6-14)11(15)12(2,3)8-13/h5,9H,4,7-8H2,1-3H3. The Kier molecular flexibility index (Phi) is 2.43. The molecule has 0 saturated carbocycles. The number of nitrogens with zero attached hydrogens (tertiary/aromatic N) is 1. The normalized spacial score (nSPS) is 37.2. The van der Waals surface area contributed by atoms with E-state index in [0.717, 1.165) is 13.0 Å². The van der Waals surface area contributed by atoms with Crippen molar-refractivity contribution >= 4 is 5.78 Å². The van der Waals surface area contributed by atoms with Crippen molar-refractivity contribution in [3.63, 3.8) is 0 Å². The van der Waals surface area contributed by atoms with Crippen LogP contribution in [0.15, 0.2) is 11.6 Å². The van der Waals surface area contributed by atoms with E-state index >= 15 is 0 Å². The van der Waals surface area contributed by atoms with Gasteiger partial charge in [0, 0.05) is 5.41 Å². The molecule has 0 aromatic rings. The molecule has 0 N–H and O–H groups in total. The second kappa shape index (κ2) is 3.43. The first-order valence-electron chi connectivity index (χ1n) is 5.70. The lowest BCUT2D eigenvalue weighted by Crippen LogP contribution is -2.42. The van der Waals surface area contributed by atoms with Gasteiger partial charge in [-0.1, -0.05) is 20.8 Å². The summed E-state index contributed by atoms with van der Waals surface area (Å²) in [6, 6.07) is 2.01. The first-order valence-corrected chi connectivity index (χ1v) is 5.70. The first-order chi connectivity index (χ1) is 7.38. The SMILES string of the molecule is CC1COC2(C=C(C#N)C(=O)C(C)(C)C2)C1. The van der Waals surface area contributed by atoms with E-state index in [1.54, 1.807) is 6.08 Å². The van der Waals surface area contributed by atoms with Gasteiger partial charge in [-0.05, 0) is 24.8 Å². The van der Waals surface area contributed by atoms with Crippen LogP contribution in [0.4, 0.5) is 0 Å². The van der Waals surface area contributed by atoms with E-state index in [-0.39, 0.29) is 17.0 Å². The predicted molar refractivity (Wildman–Crippen MR) is 59.6 cm³/mol. The number of carbonyl (C=O) groups is 1. The Morgan fingerprint density at radius 2 is 2.25 bits per heavy atom. The fourth-order valence-corrected chi connectivity index (χ4v) is 2.90. The van der Waals surface area contributed by atoms with Gasteiger partial charge in [0.15, 0.2) is 5.78 Å². The van der Waals surface area contributed by atoms with Crippen LogP contribution in [0.3, 0.4) is 0 Å². The van der Waals surface area contributed by atoms with Crippen molar-refractivity contribution in [1.82, 2.24) is 0 Å². The number of hydrogen-bond donors (Lipinski definition) is 0. The van der Waals surface area contributed by atoms with Crippen molar-refractivity contribution in [2.45, 2.75) is 39.2 Å². The van der Waals surface area contributed by atoms with Crippen molar-refractivity contribution < 1.29 is 9.53 Å². The number of ether oxygens (including phenoxy) is 1. The zero-order valence-corrected chi connectivity index (χ0v) is 10.0. The molecule has 16 heavy (non-hydrogen) atoms. The highest BCUT2D eigenvalue weighted by molar-refractivity contribution is 6.03. The molecule has 2 atom stereocenters. The Balaban J connectivity index is 2.41. The molecule has 86 valence electrons. The van der Waals surface area contributed by atoms with Gasteiger partial charge in [0.25, 0.3) is 0 Å². The number of carbonyl (C=O) groups excluding carboxylic acids is 1. The van der Waals surface area contributed by atoms with Crippen molar-refractivity contribution in [3.05, 3.63) is 11.6 Å². The monoisotopic (exact) mass is 219 g/mol. The minimum absolute atomic E-state index is 0.0521.